The van der Waals surface area contributed by atoms with E-state index in [0.717, 1.165) is 31.2 Å². The fraction of sp³-hybridized carbons (Fsp3) is 0.619. The molecule has 1 aromatic rings. The Balaban J connectivity index is 1.58. The van der Waals surface area contributed by atoms with Crippen molar-refractivity contribution in [1.29, 1.82) is 0 Å². The third kappa shape index (κ3) is 5.01. The molecule has 2 fully saturated rings. The van der Waals surface area contributed by atoms with Crippen LogP contribution in [0.3, 0.4) is 0 Å². The topological polar surface area (TPSA) is 72.9 Å². The summed E-state index contributed by atoms with van der Waals surface area (Å²) in [5, 5.41) is 12.2. The molecule has 28 heavy (non-hydrogen) atoms. The summed E-state index contributed by atoms with van der Waals surface area (Å²) in [4.78, 5) is 27.6. The number of carboxylic acids is 1. The van der Waals surface area contributed by atoms with Crippen molar-refractivity contribution in [3.05, 3.63) is 35.1 Å². The van der Waals surface area contributed by atoms with Gasteiger partial charge in [0.15, 0.2) is 0 Å². The highest BCUT2D eigenvalue weighted by Gasteiger charge is 2.35. The van der Waals surface area contributed by atoms with E-state index in [4.69, 9.17) is 5.11 Å². The summed E-state index contributed by atoms with van der Waals surface area (Å²) in [6, 6.07) is 5.10. The standard InChI is InChI=1S/C21H30FN3O3/c1-3-24(13-19(26)27)17-8-10-25(11-9-17)21(28)23-20(15-4-5-15)16-6-7-18(22)14(2)12-16/h6-7,12,15,17,20H,3-5,8-11,13H2,1-2H3,(H,23,28)(H,26,27). The number of amides is 2. The van der Waals surface area contributed by atoms with Crippen LogP contribution in [0.5, 0.6) is 0 Å². The summed E-state index contributed by atoms with van der Waals surface area (Å²) in [7, 11) is 0. The van der Waals surface area contributed by atoms with Crippen molar-refractivity contribution in [2.75, 3.05) is 26.2 Å². The SMILES string of the molecule is CCN(CC(=O)O)C1CCN(C(=O)NC(c2ccc(F)c(C)c2)C2CC2)CC1. The van der Waals surface area contributed by atoms with Gasteiger partial charge in [-0.25, -0.2) is 9.18 Å². The van der Waals surface area contributed by atoms with Gasteiger partial charge in [0.05, 0.1) is 12.6 Å². The highest BCUT2D eigenvalue weighted by molar-refractivity contribution is 5.75. The normalized spacial score (nSPS) is 18.9. The Hall–Kier alpha value is -2.15. The van der Waals surface area contributed by atoms with Gasteiger partial charge < -0.3 is 15.3 Å². The minimum absolute atomic E-state index is 0.0427. The molecule has 0 spiro atoms. The van der Waals surface area contributed by atoms with Crippen molar-refractivity contribution >= 4 is 12.0 Å². The summed E-state index contributed by atoms with van der Waals surface area (Å²) >= 11 is 0. The molecule has 3 rings (SSSR count). The van der Waals surface area contributed by atoms with E-state index in [1.807, 2.05) is 22.8 Å². The highest BCUT2D eigenvalue weighted by atomic mass is 19.1. The van der Waals surface area contributed by atoms with Crippen LogP contribution in [0.2, 0.25) is 0 Å². The maximum Gasteiger partial charge on any atom is 0.317 e. The quantitative estimate of drug-likeness (QED) is 0.749. The molecule has 154 valence electrons. The Labute approximate surface area is 165 Å². The number of hydrogen-bond donors (Lipinski definition) is 2. The summed E-state index contributed by atoms with van der Waals surface area (Å²) in [6.45, 7) is 5.68. The highest BCUT2D eigenvalue weighted by Crippen LogP contribution is 2.41. The number of urea groups is 1. The number of piperidine rings is 1. The van der Waals surface area contributed by atoms with Crippen molar-refractivity contribution < 1.29 is 19.1 Å². The van der Waals surface area contributed by atoms with Crippen molar-refractivity contribution in [2.24, 2.45) is 5.92 Å². The molecule has 6 nitrogen and oxygen atoms in total. The van der Waals surface area contributed by atoms with Crippen LogP contribution in [-0.4, -0.2) is 59.1 Å². The van der Waals surface area contributed by atoms with E-state index >= 15 is 0 Å². The third-order valence-electron chi connectivity index (χ3n) is 5.93. The monoisotopic (exact) mass is 391 g/mol. The molecule has 1 heterocycles. The van der Waals surface area contributed by atoms with Crippen LogP contribution in [0.25, 0.3) is 0 Å². The van der Waals surface area contributed by atoms with Crippen LogP contribution in [0.4, 0.5) is 9.18 Å². The van der Waals surface area contributed by atoms with E-state index in [1.54, 1.807) is 13.0 Å². The maximum absolute atomic E-state index is 13.6. The Bertz CT molecular complexity index is 715. The average molecular weight is 391 g/mol. The molecule has 2 N–H and O–H groups in total. The number of carbonyl (C=O) groups excluding carboxylic acids is 1. The summed E-state index contributed by atoms with van der Waals surface area (Å²) in [5.74, 6) is -0.630. The number of aryl methyl sites for hydroxylation is 1. The fourth-order valence-corrected chi connectivity index (χ4v) is 4.10. The van der Waals surface area contributed by atoms with E-state index in [-0.39, 0.29) is 30.5 Å². The molecule has 1 atom stereocenters. The molecule has 1 aliphatic heterocycles. The summed E-state index contributed by atoms with van der Waals surface area (Å²) in [6.07, 6.45) is 3.70. The van der Waals surface area contributed by atoms with Crippen LogP contribution in [0.1, 0.15) is 49.8 Å². The van der Waals surface area contributed by atoms with Crippen LogP contribution < -0.4 is 5.32 Å². The second kappa shape index (κ2) is 8.90. The molecule has 1 saturated heterocycles. The Morgan fingerprint density at radius 3 is 2.50 bits per heavy atom. The van der Waals surface area contributed by atoms with Gasteiger partial charge in [-0.1, -0.05) is 19.1 Å². The Morgan fingerprint density at radius 1 is 1.29 bits per heavy atom. The van der Waals surface area contributed by atoms with Crippen molar-refractivity contribution in [1.82, 2.24) is 15.1 Å². The Morgan fingerprint density at radius 2 is 1.96 bits per heavy atom. The largest absolute Gasteiger partial charge is 0.480 e. The number of nitrogens with one attached hydrogen (secondary N) is 1. The zero-order chi connectivity index (χ0) is 20.3. The molecular formula is C21H30FN3O3. The van der Waals surface area contributed by atoms with Crippen LogP contribution in [-0.2, 0) is 4.79 Å². The van der Waals surface area contributed by atoms with Gasteiger partial charge in [0.25, 0.3) is 0 Å². The number of halogens is 1. The lowest BCUT2D eigenvalue weighted by Crippen LogP contribution is -2.51. The molecule has 1 saturated carbocycles. The van der Waals surface area contributed by atoms with E-state index < -0.39 is 5.97 Å². The molecular weight excluding hydrogens is 361 g/mol. The predicted molar refractivity (Wildman–Crippen MR) is 105 cm³/mol. The predicted octanol–water partition coefficient (Wildman–Crippen LogP) is 3.17. The maximum atomic E-state index is 13.6. The van der Waals surface area contributed by atoms with E-state index in [0.29, 0.717) is 31.1 Å². The van der Waals surface area contributed by atoms with Crippen LogP contribution >= 0.6 is 0 Å². The number of nitrogens with zero attached hydrogens (tertiary/aromatic N) is 2. The molecule has 1 aromatic carbocycles. The average Bonchev–Trinajstić information content (AvgIpc) is 3.51. The number of carbonyl (C=O) groups is 2. The number of carboxylic acid groups (broad SMARTS) is 1. The van der Waals surface area contributed by atoms with Crippen LogP contribution in [0.15, 0.2) is 18.2 Å². The van der Waals surface area contributed by atoms with E-state index in [9.17, 15) is 14.0 Å². The zero-order valence-electron chi connectivity index (χ0n) is 16.7. The molecule has 7 heteroatoms. The minimum atomic E-state index is -0.816. The van der Waals surface area contributed by atoms with Gasteiger partial charge >= 0.3 is 12.0 Å². The molecule has 0 radical (unpaired) electrons. The lowest BCUT2D eigenvalue weighted by Gasteiger charge is -2.38. The first kappa shape index (κ1) is 20.6. The first-order valence-corrected chi connectivity index (χ1v) is 10.2. The van der Waals surface area contributed by atoms with Gasteiger partial charge in [0, 0.05) is 19.1 Å². The minimum Gasteiger partial charge on any atom is -0.480 e. The number of benzene rings is 1. The van der Waals surface area contributed by atoms with Gasteiger partial charge in [-0.2, -0.15) is 0 Å². The van der Waals surface area contributed by atoms with Crippen molar-refractivity contribution in [3.8, 4) is 0 Å². The molecule has 0 aromatic heterocycles. The number of hydrogen-bond acceptors (Lipinski definition) is 3. The molecule has 2 amide bonds. The van der Waals surface area contributed by atoms with Gasteiger partial charge in [0.2, 0.25) is 0 Å². The lowest BCUT2D eigenvalue weighted by molar-refractivity contribution is -0.139. The zero-order valence-corrected chi connectivity index (χ0v) is 16.7. The summed E-state index contributed by atoms with van der Waals surface area (Å²) < 4.78 is 13.6. The number of likely N-dealkylation sites (tertiary alicyclic amines) is 1. The second-order valence-corrected chi connectivity index (χ2v) is 7.95. The molecule has 1 unspecified atom stereocenters. The van der Waals surface area contributed by atoms with Gasteiger partial charge in [-0.15, -0.1) is 0 Å². The van der Waals surface area contributed by atoms with E-state index in [2.05, 4.69) is 5.32 Å². The van der Waals surface area contributed by atoms with Gasteiger partial charge in [0.1, 0.15) is 5.82 Å². The number of aliphatic carboxylic acids is 1. The second-order valence-electron chi connectivity index (χ2n) is 7.95. The Kier molecular flexibility index (Phi) is 6.54. The summed E-state index contributed by atoms with van der Waals surface area (Å²) in [5.41, 5.74) is 1.56. The smallest absolute Gasteiger partial charge is 0.317 e. The first-order chi connectivity index (χ1) is 13.4. The first-order valence-electron chi connectivity index (χ1n) is 10.2. The third-order valence-corrected chi connectivity index (χ3v) is 5.93. The molecule has 0 bridgehead atoms. The number of likely N-dealkylation sites (N-methyl/N-ethyl adjacent to an activating group) is 1. The molecule has 1 aliphatic carbocycles. The van der Waals surface area contributed by atoms with Crippen molar-refractivity contribution in [3.63, 3.8) is 0 Å². The van der Waals surface area contributed by atoms with E-state index in [1.165, 1.54) is 6.07 Å². The van der Waals surface area contributed by atoms with Crippen molar-refractivity contribution in [2.45, 2.75) is 51.6 Å². The fourth-order valence-electron chi connectivity index (χ4n) is 4.10. The van der Waals surface area contributed by atoms with Crippen LogP contribution in [0, 0.1) is 18.7 Å². The lowest BCUT2D eigenvalue weighted by atomic mass is 10.00. The van der Waals surface area contributed by atoms with Gasteiger partial charge in [-0.3, -0.25) is 9.69 Å². The molecule has 2 aliphatic rings. The number of rotatable bonds is 7. The van der Waals surface area contributed by atoms with Gasteiger partial charge in [-0.05, 0) is 62.3 Å².